The Labute approximate surface area is 170 Å². The average Bonchev–Trinajstić information content (AvgIpc) is 2.97. The first-order chi connectivity index (χ1) is 13.3. The Hall–Kier alpha value is -1.96. The molecule has 0 bridgehead atoms. The van der Waals surface area contributed by atoms with E-state index in [1.165, 1.54) is 5.56 Å². The maximum atomic E-state index is 13.0. The molecule has 0 saturated heterocycles. The Morgan fingerprint density at radius 1 is 1.07 bits per heavy atom. The SMILES string of the molecule is CCCn1c(=O)sc2cc(S(=O)(=O)N[C@H](CC)c3ccc(C)c(C)c3)ccc21. The van der Waals surface area contributed by atoms with Crippen LogP contribution in [0, 0.1) is 13.8 Å². The molecule has 0 aliphatic rings. The highest BCUT2D eigenvalue weighted by molar-refractivity contribution is 7.89. The van der Waals surface area contributed by atoms with Gasteiger partial charge >= 0.3 is 4.87 Å². The van der Waals surface area contributed by atoms with Crippen molar-refractivity contribution in [3.05, 3.63) is 62.8 Å². The zero-order chi connectivity index (χ0) is 20.5. The number of nitrogens with zero attached hydrogens (tertiary/aromatic N) is 1. The second-order valence-corrected chi connectivity index (χ2v) is 9.78. The van der Waals surface area contributed by atoms with Crippen LogP contribution in [0.4, 0.5) is 0 Å². The van der Waals surface area contributed by atoms with Gasteiger partial charge in [-0.2, -0.15) is 0 Å². The van der Waals surface area contributed by atoms with Gasteiger partial charge in [-0.05, 0) is 61.6 Å². The molecule has 0 fully saturated rings. The van der Waals surface area contributed by atoms with E-state index in [0.29, 0.717) is 17.7 Å². The third kappa shape index (κ3) is 4.06. The number of benzene rings is 2. The van der Waals surface area contributed by atoms with Crippen LogP contribution in [0.5, 0.6) is 0 Å². The van der Waals surface area contributed by atoms with Crippen LogP contribution in [-0.4, -0.2) is 13.0 Å². The number of thiazole rings is 1. The van der Waals surface area contributed by atoms with Crippen LogP contribution >= 0.6 is 11.3 Å². The molecule has 0 amide bonds. The highest BCUT2D eigenvalue weighted by atomic mass is 32.2. The standard InChI is InChI=1S/C21H26N2O3S2/c1-5-11-23-19-10-9-17(13-20(19)27-21(23)24)28(25,26)22-18(6-2)16-8-7-14(3)15(4)12-16/h7-10,12-13,18,22H,5-6,11H2,1-4H3/t18-/m1/s1. The molecule has 0 aliphatic carbocycles. The minimum absolute atomic E-state index is 0.0547. The average molecular weight is 419 g/mol. The van der Waals surface area contributed by atoms with E-state index < -0.39 is 10.0 Å². The van der Waals surface area contributed by atoms with Gasteiger partial charge < -0.3 is 0 Å². The van der Waals surface area contributed by atoms with Crippen LogP contribution in [0.15, 0.2) is 46.1 Å². The molecular formula is C21H26N2O3S2. The van der Waals surface area contributed by atoms with Gasteiger partial charge in [0.2, 0.25) is 10.0 Å². The molecule has 0 spiro atoms. The summed E-state index contributed by atoms with van der Waals surface area (Å²) in [7, 11) is -3.70. The monoisotopic (exact) mass is 418 g/mol. The van der Waals surface area contributed by atoms with Gasteiger partial charge in [0.25, 0.3) is 0 Å². The van der Waals surface area contributed by atoms with Gasteiger partial charge in [0.05, 0.1) is 15.1 Å². The van der Waals surface area contributed by atoms with Crippen LogP contribution in [0.3, 0.4) is 0 Å². The number of rotatable bonds is 7. The summed E-state index contributed by atoms with van der Waals surface area (Å²) < 4.78 is 31.2. The van der Waals surface area contributed by atoms with Gasteiger partial charge in [-0.25, -0.2) is 13.1 Å². The van der Waals surface area contributed by atoms with Crippen LogP contribution in [-0.2, 0) is 16.6 Å². The molecule has 3 aromatic rings. The lowest BCUT2D eigenvalue weighted by atomic mass is 10.0. The van der Waals surface area contributed by atoms with Crippen molar-refractivity contribution < 1.29 is 8.42 Å². The zero-order valence-corrected chi connectivity index (χ0v) is 18.3. The molecule has 5 nitrogen and oxygen atoms in total. The van der Waals surface area contributed by atoms with Gasteiger partial charge in [-0.1, -0.05) is 43.4 Å². The predicted octanol–water partition coefficient (Wildman–Crippen LogP) is 4.52. The molecular weight excluding hydrogens is 392 g/mol. The number of nitrogens with one attached hydrogen (secondary N) is 1. The summed E-state index contributed by atoms with van der Waals surface area (Å²) in [5.74, 6) is 0. The van der Waals surface area contributed by atoms with Crippen molar-refractivity contribution in [3.63, 3.8) is 0 Å². The van der Waals surface area contributed by atoms with Crippen molar-refractivity contribution in [2.24, 2.45) is 0 Å². The highest BCUT2D eigenvalue weighted by Crippen LogP contribution is 2.25. The second kappa shape index (κ2) is 8.19. The van der Waals surface area contributed by atoms with E-state index in [1.807, 2.05) is 45.9 Å². The molecule has 3 rings (SSSR count). The van der Waals surface area contributed by atoms with E-state index in [-0.39, 0.29) is 15.8 Å². The van der Waals surface area contributed by atoms with Gasteiger partial charge in [-0.15, -0.1) is 0 Å². The Morgan fingerprint density at radius 3 is 2.46 bits per heavy atom. The van der Waals surface area contributed by atoms with Gasteiger partial charge in [0, 0.05) is 12.6 Å². The van der Waals surface area contributed by atoms with Crippen LogP contribution < -0.4 is 9.60 Å². The minimum Gasteiger partial charge on any atom is -0.299 e. The van der Waals surface area contributed by atoms with Crippen molar-refractivity contribution >= 4 is 31.6 Å². The summed E-state index contributed by atoms with van der Waals surface area (Å²) in [6.45, 7) is 8.67. The first kappa shape index (κ1) is 20.8. The van der Waals surface area contributed by atoms with Crippen molar-refractivity contribution in [2.75, 3.05) is 0 Å². The molecule has 0 saturated carbocycles. The molecule has 2 aromatic carbocycles. The molecule has 28 heavy (non-hydrogen) atoms. The maximum absolute atomic E-state index is 13.0. The van der Waals surface area contributed by atoms with Gasteiger partial charge in [0.15, 0.2) is 0 Å². The number of aryl methyl sites for hydroxylation is 3. The van der Waals surface area contributed by atoms with Crippen molar-refractivity contribution in [2.45, 2.75) is 58.0 Å². The quantitative estimate of drug-likeness (QED) is 0.613. The fourth-order valence-corrected chi connectivity index (χ4v) is 5.64. The largest absolute Gasteiger partial charge is 0.308 e. The molecule has 1 N–H and O–H groups in total. The summed E-state index contributed by atoms with van der Waals surface area (Å²) in [4.78, 5) is 12.3. The van der Waals surface area contributed by atoms with E-state index in [9.17, 15) is 13.2 Å². The van der Waals surface area contributed by atoms with Crippen LogP contribution in [0.2, 0.25) is 0 Å². The first-order valence-corrected chi connectivity index (χ1v) is 11.8. The Morgan fingerprint density at radius 2 is 1.82 bits per heavy atom. The van der Waals surface area contributed by atoms with Crippen molar-refractivity contribution in [1.29, 1.82) is 0 Å². The molecule has 0 unspecified atom stereocenters. The predicted molar refractivity (Wildman–Crippen MR) is 116 cm³/mol. The number of aromatic nitrogens is 1. The van der Waals surface area contributed by atoms with E-state index in [1.54, 1.807) is 22.8 Å². The van der Waals surface area contributed by atoms with E-state index in [0.717, 1.165) is 34.4 Å². The Balaban J connectivity index is 1.95. The smallest absolute Gasteiger partial charge is 0.299 e. The highest BCUT2D eigenvalue weighted by Gasteiger charge is 2.22. The fraction of sp³-hybridized carbons (Fsp3) is 0.381. The van der Waals surface area contributed by atoms with Crippen molar-refractivity contribution in [3.8, 4) is 0 Å². The second-order valence-electron chi connectivity index (χ2n) is 7.07. The minimum atomic E-state index is -3.70. The number of sulfonamides is 1. The van der Waals surface area contributed by atoms with Crippen LogP contribution in [0.25, 0.3) is 10.2 Å². The topological polar surface area (TPSA) is 68.2 Å². The summed E-state index contributed by atoms with van der Waals surface area (Å²) in [5.41, 5.74) is 4.06. The summed E-state index contributed by atoms with van der Waals surface area (Å²) >= 11 is 1.09. The molecule has 1 heterocycles. The molecule has 1 aromatic heterocycles. The lowest BCUT2D eigenvalue weighted by Gasteiger charge is -2.19. The lowest BCUT2D eigenvalue weighted by molar-refractivity contribution is 0.550. The lowest BCUT2D eigenvalue weighted by Crippen LogP contribution is -2.28. The Bertz CT molecular complexity index is 1160. The zero-order valence-electron chi connectivity index (χ0n) is 16.7. The van der Waals surface area contributed by atoms with Gasteiger partial charge in [-0.3, -0.25) is 9.36 Å². The van der Waals surface area contributed by atoms with E-state index >= 15 is 0 Å². The van der Waals surface area contributed by atoms with E-state index in [2.05, 4.69) is 4.72 Å². The number of fused-ring (bicyclic) bond motifs is 1. The Kier molecular flexibility index (Phi) is 6.07. The molecule has 0 aliphatic heterocycles. The van der Waals surface area contributed by atoms with Crippen LogP contribution in [0.1, 0.15) is 49.4 Å². The molecule has 7 heteroatoms. The summed E-state index contributed by atoms with van der Waals surface area (Å²) in [5, 5.41) is 0. The number of hydrogen-bond donors (Lipinski definition) is 1. The molecule has 150 valence electrons. The van der Waals surface area contributed by atoms with Gasteiger partial charge in [0.1, 0.15) is 0 Å². The molecule has 0 radical (unpaired) electrons. The van der Waals surface area contributed by atoms with Crippen molar-refractivity contribution in [1.82, 2.24) is 9.29 Å². The van der Waals surface area contributed by atoms with E-state index in [4.69, 9.17) is 0 Å². The fourth-order valence-electron chi connectivity index (χ4n) is 3.27. The summed E-state index contributed by atoms with van der Waals surface area (Å²) in [6, 6.07) is 10.6. The summed E-state index contributed by atoms with van der Waals surface area (Å²) in [6.07, 6.45) is 1.49. The maximum Gasteiger partial charge on any atom is 0.308 e. The third-order valence-electron chi connectivity index (χ3n) is 5.04. The molecule has 1 atom stereocenters. The number of hydrogen-bond acceptors (Lipinski definition) is 4. The third-order valence-corrected chi connectivity index (χ3v) is 7.45. The first-order valence-electron chi connectivity index (χ1n) is 9.49. The normalized spacial score (nSPS) is 13.1.